The van der Waals surface area contributed by atoms with Crippen molar-refractivity contribution in [2.75, 3.05) is 20.7 Å². The molecular weight excluding hydrogens is 585 g/mol. The molecule has 8 nitrogen and oxygen atoms in total. The minimum absolute atomic E-state index is 0.0196. The zero-order chi connectivity index (χ0) is 26.8. The van der Waals surface area contributed by atoms with E-state index < -0.39 is 17.9 Å². The zero-order valence-corrected chi connectivity index (χ0v) is 22.6. The Hall–Kier alpha value is -3.91. The quantitative estimate of drug-likeness (QED) is 0.272. The molecule has 0 saturated carbocycles. The van der Waals surface area contributed by atoms with Crippen LogP contribution in [0.3, 0.4) is 0 Å². The van der Waals surface area contributed by atoms with Crippen LogP contribution in [0.2, 0.25) is 0 Å². The number of ether oxygens (including phenoxy) is 2. The highest BCUT2D eigenvalue weighted by atomic mass is 127. The monoisotopic (exact) mass is 611 g/mol. The van der Waals surface area contributed by atoms with Gasteiger partial charge in [0.15, 0.2) is 0 Å². The maximum Gasteiger partial charge on any atom is 0.308 e. The first kappa shape index (κ1) is 27.7. The van der Waals surface area contributed by atoms with E-state index in [4.69, 9.17) is 9.47 Å². The first-order valence-corrected chi connectivity index (χ1v) is 12.5. The number of carbonyl (C=O) groups excluding carboxylic acids is 3. The Labute approximate surface area is 229 Å². The Morgan fingerprint density at radius 2 is 1.68 bits per heavy atom. The van der Waals surface area contributed by atoms with E-state index in [-0.39, 0.29) is 25.5 Å². The van der Waals surface area contributed by atoms with Gasteiger partial charge in [-0.15, -0.1) is 0 Å². The standard InChI is InChI=1S/C28H26IN3O5/c1-32(2)28(35)22-11-9-21(10-12-22)27(34)31-23(15-26(33)37-17-19-6-4-3-5-7-19)18-36-25-14-20(16-30)8-13-24(25)29/h3-14,23H,15,17-18H2,1-2H3,(H,31,34)/t23-/m1/s1. The van der Waals surface area contributed by atoms with E-state index in [0.717, 1.165) is 9.13 Å². The SMILES string of the molecule is CN(C)C(=O)c1ccc(C(=O)N[C@@H](COc2cc(C#N)ccc2I)CC(=O)OCc2ccccc2)cc1. The van der Waals surface area contributed by atoms with Crippen LogP contribution in [0.4, 0.5) is 0 Å². The second-order valence-electron chi connectivity index (χ2n) is 8.37. The maximum atomic E-state index is 13.0. The van der Waals surface area contributed by atoms with Gasteiger partial charge in [0.25, 0.3) is 11.8 Å². The van der Waals surface area contributed by atoms with Gasteiger partial charge >= 0.3 is 5.97 Å². The summed E-state index contributed by atoms with van der Waals surface area (Å²) in [5, 5.41) is 12.0. The lowest BCUT2D eigenvalue weighted by molar-refractivity contribution is -0.145. The molecule has 0 aromatic heterocycles. The molecule has 0 spiro atoms. The van der Waals surface area contributed by atoms with Gasteiger partial charge in [-0.3, -0.25) is 14.4 Å². The molecule has 0 aliphatic heterocycles. The molecule has 1 atom stereocenters. The van der Waals surface area contributed by atoms with Crippen LogP contribution in [-0.2, 0) is 16.1 Å². The van der Waals surface area contributed by atoms with Crippen LogP contribution in [0, 0.1) is 14.9 Å². The first-order chi connectivity index (χ1) is 17.8. The van der Waals surface area contributed by atoms with Gasteiger partial charge in [0.05, 0.1) is 27.7 Å². The minimum atomic E-state index is -0.708. The van der Waals surface area contributed by atoms with Crippen molar-refractivity contribution < 1.29 is 23.9 Å². The second-order valence-corrected chi connectivity index (χ2v) is 9.53. The summed E-state index contributed by atoms with van der Waals surface area (Å²) in [7, 11) is 3.30. The van der Waals surface area contributed by atoms with Crippen molar-refractivity contribution in [1.82, 2.24) is 10.2 Å². The molecule has 0 radical (unpaired) electrons. The van der Waals surface area contributed by atoms with Gasteiger partial charge in [-0.05, 0) is 70.6 Å². The summed E-state index contributed by atoms with van der Waals surface area (Å²) in [5.74, 6) is -0.615. The van der Waals surface area contributed by atoms with Crippen LogP contribution in [0.15, 0.2) is 72.8 Å². The first-order valence-electron chi connectivity index (χ1n) is 11.4. The van der Waals surface area contributed by atoms with E-state index >= 15 is 0 Å². The van der Waals surface area contributed by atoms with Crippen molar-refractivity contribution in [3.05, 3.63) is 98.6 Å². The summed E-state index contributed by atoms with van der Waals surface area (Å²) in [6, 6.07) is 21.9. The number of nitrogens with zero attached hydrogens (tertiary/aromatic N) is 2. The third-order valence-corrected chi connectivity index (χ3v) is 6.18. The van der Waals surface area contributed by atoms with Crippen LogP contribution in [-0.4, -0.2) is 49.4 Å². The summed E-state index contributed by atoms with van der Waals surface area (Å²) in [6.45, 7) is 0.0962. The number of hydrogen-bond donors (Lipinski definition) is 1. The van der Waals surface area contributed by atoms with E-state index in [2.05, 4.69) is 34.0 Å². The summed E-state index contributed by atoms with van der Waals surface area (Å²) >= 11 is 2.09. The summed E-state index contributed by atoms with van der Waals surface area (Å²) in [5.41, 5.74) is 2.07. The van der Waals surface area contributed by atoms with Gasteiger partial charge in [-0.25, -0.2) is 0 Å². The van der Waals surface area contributed by atoms with Crippen molar-refractivity contribution in [1.29, 1.82) is 5.26 Å². The predicted molar refractivity (Wildman–Crippen MR) is 146 cm³/mol. The van der Waals surface area contributed by atoms with Crippen LogP contribution in [0.5, 0.6) is 5.75 Å². The van der Waals surface area contributed by atoms with Crippen molar-refractivity contribution in [2.45, 2.75) is 19.1 Å². The predicted octanol–water partition coefficient (Wildman–Crippen LogP) is 4.18. The number of rotatable bonds is 10. The lowest BCUT2D eigenvalue weighted by Crippen LogP contribution is -2.41. The van der Waals surface area contributed by atoms with Crippen molar-refractivity contribution in [3.8, 4) is 11.8 Å². The number of amides is 2. The Morgan fingerprint density at radius 3 is 2.32 bits per heavy atom. The van der Waals surface area contributed by atoms with Crippen LogP contribution in [0.1, 0.15) is 38.3 Å². The van der Waals surface area contributed by atoms with Crippen LogP contribution < -0.4 is 10.1 Å². The average Bonchev–Trinajstić information content (AvgIpc) is 2.91. The maximum absolute atomic E-state index is 13.0. The molecule has 1 N–H and O–H groups in total. The molecule has 190 valence electrons. The molecule has 9 heteroatoms. The summed E-state index contributed by atoms with van der Waals surface area (Å²) in [4.78, 5) is 39.1. The normalized spacial score (nSPS) is 11.1. The molecule has 37 heavy (non-hydrogen) atoms. The molecule has 0 aliphatic rings. The smallest absolute Gasteiger partial charge is 0.308 e. The molecule has 3 aromatic carbocycles. The van der Waals surface area contributed by atoms with Gasteiger partial charge in [-0.1, -0.05) is 30.3 Å². The number of hydrogen-bond acceptors (Lipinski definition) is 6. The molecule has 0 fully saturated rings. The Kier molecular flexibility index (Phi) is 10.0. The number of halogens is 1. The van der Waals surface area contributed by atoms with Crippen molar-refractivity contribution >= 4 is 40.4 Å². The van der Waals surface area contributed by atoms with Gasteiger partial charge < -0.3 is 19.7 Å². The van der Waals surface area contributed by atoms with Crippen molar-refractivity contribution in [3.63, 3.8) is 0 Å². The van der Waals surface area contributed by atoms with E-state index in [0.29, 0.717) is 22.4 Å². The highest BCUT2D eigenvalue weighted by Crippen LogP contribution is 2.22. The van der Waals surface area contributed by atoms with Gasteiger partial charge in [0.2, 0.25) is 0 Å². The fourth-order valence-electron chi connectivity index (χ4n) is 3.31. The largest absolute Gasteiger partial charge is 0.490 e. The lowest BCUT2D eigenvalue weighted by atomic mass is 10.1. The molecule has 0 heterocycles. The van der Waals surface area contributed by atoms with Gasteiger partial charge in [-0.2, -0.15) is 5.26 Å². The van der Waals surface area contributed by atoms with Gasteiger partial charge in [0.1, 0.15) is 19.0 Å². The minimum Gasteiger partial charge on any atom is -0.490 e. The van der Waals surface area contributed by atoms with E-state index in [9.17, 15) is 19.6 Å². The Morgan fingerprint density at radius 1 is 1.00 bits per heavy atom. The summed E-state index contributed by atoms with van der Waals surface area (Å²) in [6.07, 6.45) is -0.121. The number of benzene rings is 3. The molecule has 0 aliphatic carbocycles. The highest BCUT2D eigenvalue weighted by Gasteiger charge is 2.21. The zero-order valence-electron chi connectivity index (χ0n) is 20.4. The van der Waals surface area contributed by atoms with E-state index in [1.54, 1.807) is 56.6 Å². The third kappa shape index (κ3) is 8.32. The van der Waals surface area contributed by atoms with Crippen molar-refractivity contribution in [2.24, 2.45) is 0 Å². The lowest BCUT2D eigenvalue weighted by Gasteiger charge is -2.20. The fraction of sp³-hybridized carbons (Fsp3) is 0.214. The Bertz CT molecular complexity index is 1290. The number of carbonyl (C=O) groups is 3. The second kappa shape index (κ2) is 13.4. The number of esters is 1. The molecule has 2 amide bonds. The highest BCUT2D eigenvalue weighted by molar-refractivity contribution is 14.1. The van der Waals surface area contributed by atoms with E-state index in [1.165, 1.54) is 4.90 Å². The molecule has 0 bridgehead atoms. The molecule has 0 saturated heterocycles. The van der Waals surface area contributed by atoms with Crippen LogP contribution in [0.25, 0.3) is 0 Å². The molecule has 3 rings (SSSR count). The van der Waals surface area contributed by atoms with Gasteiger partial charge in [0, 0.05) is 25.2 Å². The number of nitriles is 1. The topological polar surface area (TPSA) is 109 Å². The van der Waals surface area contributed by atoms with E-state index in [1.807, 2.05) is 30.3 Å². The Balaban J connectivity index is 1.70. The van der Waals surface area contributed by atoms with Crippen LogP contribution >= 0.6 is 22.6 Å². The fourth-order valence-corrected chi connectivity index (χ4v) is 3.81. The third-order valence-electron chi connectivity index (χ3n) is 5.29. The molecular formula is C28H26IN3O5. The molecule has 3 aromatic rings. The molecule has 0 unspecified atom stereocenters. The summed E-state index contributed by atoms with van der Waals surface area (Å²) < 4.78 is 12.1. The number of nitrogens with one attached hydrogen (secondary N) is 1. The average molecular weight is 611 g/mol.